The molecule has 0 aliphatic rings. The van der Waals surface area contributed by atoms with E-state index in [1.54, 1.807) is 37.3 Å². The van der Waals surface area contributed by atoms with E-state index in [0.717, 1.165) is 11.3 Å². The maximum absolute atomic E-state index is 12.3. The molecule has 1 aromatic carbocycles. The molecule has 1 aromatic heterocycles. The number of rotatable bonds is 7. The lowest BCUT2D eigenvalue weighted by molar-refractivity contribution is -0.116. The van der Waals surface area contributed by atoms with Gasteiger partial charge in [0.05, 0.1) is 4.90 Å². The van der Waals surface area contributed by atoms with Gasteiger partial charge in [-0.2, -0.15) is 0 Å². The van der Waals surface area contributed by atoms with E-state index in [1.165, 1.54) is 6.08 Å². The highest BCUT2D eigenvalue weighted by molar-refractivity contribution is 7.89. The minimum absolute atomic E-state index is 0.106. The molecule has 0 fully saturated rings. The standard InChI is InChI=1S/C18H22N2O4S/c1-13-4-5-14(2)17(12-13)25(22,23)20-11-10-19-18(21)9-8-16-7-6-15(3)24-16/h4-9,12,20H,10-11H2,1-3H3,(H,19,21)/b9-8+. The number of carbonyl (C=O) groups excluding carboxylic acids is 1. The molecule has 0 bridgehead atoms. The zero-order chi connectivity index (χ0) is 18.4. The molecule has 2 rings (SSSR count). The van der Waals surface area contributed by atoms with Crippen molar-refractivity contribution in [2.45, 2.75) is 25.7 Å². The monoisotopic (exact) mass is 362 g/mol. The molecular formula is C18H22N2O4S. The summed E-state index contributed by atoms with van der Waals surface area (Å²) in [6.07, 6.45) is 2.90. The summed E-state index contributed by atoms with van der Waals surface area (Å²) in [6, 6.07) is 8.83. The van der Waals surface area contributed by atoms with Crippen LogP contribution in [0.2, 0.25) is 0 Å². The number of carbonyl (C=O) groups is 1. The first kappa shape index (κ1) is 19.0. The van der Waals surface area contributed by atoms with Crippen LogP contribution in [0.25, 0.3) is 6.08 Å². The zero-order valence-electron chi connectivity index (χ0n) is 14.5. The normalized spacial score (nSPS) is 11.8. The van der Waals surface area contributed by atoms with Gasteiger partial charge in [0.15, 0.2) is 0 Å². The minimum atomic E-state index is -3.60. The van der Waals surface area contributed by atoms with Gasteiger partial charge in [-0.05, 0) is 56.2 Å². The van der Waals surface area contributed by atoms with E-state index in [9.17, 15) is 13.2 Å². The molecule has 0 spiro atoms. The van der Waals surface area contributed by atoms with Crippen LogP contribution >= 0.6 is 0 Å². The first-order valence-corrected chi connectivity index (χ1v) is 9.35. The van der Waals surface area contributed by atoms with Crippen LogP contribution in [-0.2, 0) is 14.8 Å². The van der Waals surface area contributed by atoms with E-state index in [-0.39, 0.29) is 23.9 Å². The van der Waals surface area contributed by atoms with Crippen molar-refractivity contribution in [3.8, 4) is 0 Å². The van der Waals surface area contributed by atoms with Crippen molar-refractivity contribution in [2.24, 2.45) is 0 Å². The Balaban J connectivity index is 1.83. The predicted octanol–water partition coefficient (Wildman–Crippen LogP) is 2.31. The SMILES string of the molecule is Cc1ccc(C)c(S(=O)(=O)NCCNC(=O)/C=C/c2ccc(C)o2)c1. The third kappa shape index (κ3) is 5.58. The fraction of sp³-hybridized carbons (Fsp3) is 0.278. The molecule has 0 unspecified atom stereocenters. The summed E-state index contributed by atoms with van der Waals surface area (Å²) in [4.78, 5) is 12.0. The number of aryl methyl sites for hydroxylation is 3. The lowest BCUT2D eigenvalue weighted by atomic mass is 10.2. The summed E-state index contributed by atoms with van der Waals surface area (Å²) in [7, 11) is -3.60. The fourth-order valence-corrected chi connectivity index (χ4v) is 3.56. The van der Waals surface area contributed by atoms with Crippen LogP contribution in [0.4, 0.5) is 0 Å². The number of amides is 1. The molecule has 0 radical (unpaired) electrons. The van der Waals surface area contributed by atoms with Gasteiger partial charge >= 0.3 is 0 Å². The highest BCUT2D eigenvalue weighted by Crippen LogP contribution is 2.16. The number of hydrogen-bond acceptors (Lipinski definition) is 4. The van der Waals surface area contributed by atoms with E-state index in [2.05, 4.69) is 10.0 Å². The predicted molar refractivity (Wildman–Crippen MR) is 96.6 cm³/mol. The Bertz CT molecular complexity index is 882. The highest BCUT2D eigenvalue weighted by atomic mass is 32.2. The number of hydrogen-bond donors (Lipinski definition) is 2. The molecule has 0 atom stereocenters. The molecule has 6 nitrogen and oxygen atoms in total. The Morgan fingerprint density at radius 2 is 1.88 bits per heavy atom. The Morgan fingerprint density at radius 1 is 1.12 bits per heavy atom. The average molecular weight is 362 g/mol. The maximum atomic E-state index is 12.3. The summed E-state index contributed by atoms with van der Waals surface area (Å²) in [5.74, 6) is 1.03. The summed E-state index contributed by atoms with van der Waals surface area (Å²) in [5.41, 5.74) is 1.55. The minimum Gasteiger partial charge on any atom is -0.462 e. The van der Waals surface area contributed by atoms with Gasteiger partial charge in [0, 0.05) is 19.2 Å². The van der Waals surface area contributed by atoms with Crippen molar-refractivity contribution in [3.63, 3.8) is 0 Å². The van der Waals surface area contributed by atoms with Gasteiger partial charge < -0.3 is 9.73 Å². The first-order valence-electron chi connectivity index (χ1n) is 7.87. The van der Waals surface area contributed by atoms with Crippen molar-refractivity contribution in [2.75, 3.05) is 13.1 Å². The molecule has 25 heavy (non-hydrogen) atoms. The van der Waals surface area contributed by atoms with E-state index < -0.39 is 10.0 Å². The second-order valence-corrected chi connectivity index (χ2v) is 7.47. The topological polar surface area (TPSA) is 88.4 Å². The van der Waals surface area contributed by atoms with Crippen molar-refractivity contribution < 1.29 is 17.6 Å². The van der Waals surface area contributed by atoms with Gasteiger partial charge in [0.1, 0.15) is 11.5 Å². The van der Waals surface area contributed by atoms with Crippen LogP contribution < -0.4 is 10.0 Å². The number of sulfonamides is 1. The van der Waals surface area contributed by atoms with E-state index in [1.807, 2.05) is 19.9 Å². The summed E-state index contributed by atoms with van der Waals surface area (Å²) >= 11 is 0. The van der Waals surface area contributed by atoms with E-state index in [4.69, 9.17) is 4.42 Å². The lowest BCUT2D eigenvalue weighted by Gasteiger charge is -2.10. The number of nitrogens with one attached hydrogen (secondary N) is 2. The van der Waals surface area contributed by atoms with Gasteiger partial charge in [-0.1, -0.05) is 12.1 Å². The van der Waals surface area contributed by atoms with Crippen molar-refractivity contribution >= 4 is 22.0 Å². The maximum Gasteiger partial charge on any atom is 0.244 e. The average Bonchev–Trinajstić information content (AvgIpc) is 2.97. The van der Waals surface area contributed by atoms with Crippen molar-refractivity contribution in [1.29, 1.82) is 0 Å². The van der Waals surface area contributed by atoms with Gasteiger partial charge in [0.2, 0.25) is 15.9 Å². The molecular weight excluding hydrogens is 340 g/mol. The molecule has 1 amide bonds. The Morgan fingerprint density at radius 3 is 2.56 bits per heavy atom. The Kier molecular flexibility index (Phi) is 6.17. The quantitative estimate of drug-likeness (QED) is 0.584. The zero-order valence-corrected chi connectivity index (χ0v) is 15.3. The Labute approximate surface area is 148 Å². The molecule has 2 aromatic rings. The summed E-state index contributed by atoms with van der Waals surface area (Å²) < 4.78 is 32.4. The lowest BCUT2D eigenvalue weighted by Crippen LogP contribution is -2.34. The molecule has 7 heteroatoms. The fourth-order valence-electron chi connectivity index (χ4n) is 2.21. The van der Waals surface area contributed by atoms with Crippen molar-refractivity contribution in [3.05, 3.63) is 59.1 Å². The van der Waals surface area contributed by atoms with Crippen LogP contribution in [0, 0.1) is 20.8 Å². The van der Waals surface area contributed by atoms with Gasteiger partial charge in [-0.15, -0.1) is 0 Å². The summed E-state index contributed by atoms with van der Waals surface area (Å²) in [5, 5.41) is 2.62. The second kappa shape index (κ2) is 8.13. The van der Waals surface area contributed by atoms with Gasteiger partial charge in [-0.3, -0.25) is 4.79 Å². The van der Waals surface area contributed by atoms with Crippen molar-refractivity contribution in [1.82, 2.24) is 10.0 Å². The van der Waals surface area contributed by atoms with Gasteiger partial charge in [0.25, 0.3) is 0 Å². The third-order valence-electron chi connectivity index (χ3n) is 3.51. The Hall–Kier alpha value is -2.38. The smallest absolute Gasteiger partial charge is 0.244 e. The first-order chi connectivity index (χ1) is 11.8. The van der Waals surface area contributed by atoms with Crippen LogP contribution in [0.15, 0.2) is 45.7 Å². The van der Waals surface area contributed by atoms with E-state index in [0.29, 0.717) is 11.3 Å². The molecule has 134 valence electrons. The van der Waals surface area contributed by atoms with Crippen LogP contribution in [0.3, 0.4) is 0 Å². The van der Waals surface area contributed by atoms with Crippen LogP contribution in [-0.4, -0.2) is 27.4 Å². The number of furan rings is 1. The number of benzene rings is 1. The summed E-state index contributed by atoms with van der Waals surface area (Å²) in [6.45, 7) is 5.70. The third-order valence-corrected chi connectivity index (χ3v) is 5.11. The molecule has 0 aliphatic carbocycles. The molecule has 2 N–H and O–H groups in total. The molecule has 0 saturated heterocycles. The highest BCUT2D eigenvalue weighted by Gasteiger charge is 2.16. The molecule has 0 saturated carbocycles. The molecule has 0 aliphatic heterocycles. The van der Waals surface area contributed by atoms with Crippen LogP contribution in [0.5, 0.6) is 0 Å². The molecule has 1 heterocycles. The van der Waals surface area contributed by atoms with Gasteiger partial charge in [-0.25, -0.2) is 13.1 Å². The van der Waals surface area contributed by atoms with Crippen LogP contribution in [0.1, 0.15) is 22.6 Å². The second-order valence-electron chi connectivity index (χ2n) is 5.74. The van der Waals surface area contributed by atoms with E-state index >= 15 is 0 Å². The largest absolute Gasteiger partial charge is 0.462 e.